The third-order valence-electron chi connectivity index (χ3n) is 4.03. The van der Waals surface area contributed by atoms with E-state index in [1.54, 1.807) is 17.7 Å². The van der Waals surface area contributed by atoms with E-state index in [2.05, 4.69) is 15.5 Å². The van der Waals surface area contributed by atoms with Crippen LogP contribution in [0, 0.1) is 12.7 Å². The molecule has 12 heteroatoms. The van der Waals surface area contributed by atoms with Gasteiger partial charge in [0.1, 0.15) is 23.2 Å². The van der Waals surface area contributed by atoms with Crippen LogP contribution in [-0.2, 0) is 23.2 Å². The highest BCUT2D eigenvalue weighted by molar-refractivity contribution is 7.99. The molecule has 0 atom stereocenters. The van der Waals surface area contributed by atoms with Crippen LogP contribution in [-0.4, -0.2) is 39.5 Å². The van der Waals surface area contributed by atoms with Crippen molar-refractivity contribution in [2.75, 3.05) is 18.2 Å². The fraction of sp³-hybridized carbons (Fsp3) is 0.263. The molecule has 8 nitrogen and oxygen atoms in total. The van der Waals surface area contributed by atoms with E-state index in [4.69, 9.17) is 21.1 Å². The molecule has 3 aromatic rings. The maximum absolute atomic E-state index is 13.2. The average Bonchev–Trinajstić information content (AvgIpc) is 3.28. The molecule has 0 aliphatic heterocycles. The molecule has 0 unspecified atom stereocenters. The third kappa shape index (κ3) is 5.75. The first kappa shape index (κ1) is 23.0. The minimum absolute atomic E-state index is 0.0333. The summed E-state index contributed by atoms with van der Waals surface area (Å²) in [6.45, 7) is 1.93. The van der Waals surface area contributed by atoms with Gasteiger partial charge < -0.3 is 19.4 Å². The summed E-state index contributed by atoms with van der Waals surface area (Å²) >= 11 is 8.23. The van der Waals surface area contributed by atoms with Gasteiger partial charge in [0.05, 0.1) is 23.4 Å². The first-order chi connectivity index (χ1) is 14.8. The molecule has 0 fully saturated rings. The van der Waals surface area contributed by atoms with Crippen LogP contribution >= 0.6 is 34.7 Å². The quantitative estimate of drug-likeness (QED) is 0.380. The van der Waals surface area contributed by atoms with E-state index >= 15 is 0 Å². The van der Waals surface area contributed by atoms with Crippen molar-refractivity contribution in [3.8, 4) is 5.75 Å². The van der Waals surface area contributed by atoms with Crippen LogP contribution in [0.1, 0.15) is 21.1 Å². The van der Waals surface area contributed by atoms with Crippen LogP contribution in [0.3, 0.4) is 0 Å². The van der Waals surface area contributed by atoms with E-state index in [-0.39, 0.29) is 23.3 Å². The van der Waals surface area contributed by atoms with E-state index in [9.17, 15) is 14.0 Å². The van der Waals surface area contributed by atoms with E-state index in [1.165, 1.54) is 48.4 Å². The standard InChI is InChI=1S/C19H18ClFN4O4S2/c1-10-6-12(18(27)28-3)17(31-10)22-16(26)9-30-19-24-23-15(25(19)2)8-29-11-4-5-14(21)13(20)7-11/h4-7H,8-9H2,1-3H3,(H,22,26). The van der Waals surface area contributed by atoms with E-state index in [0.29, 0.717) is 27.3 Å². The molecular formula is C19H18ClFN4O4S2. The summed E-state index contributed by atoms with van der Waals surface area (Å²) in [7, 11) is 3.03. The molecule has 0 radical (unpaired) electrons. The second kappa shape index (κ2) is 10.1. The van der Waals surface area contributed by atoms with Gasteiger partial charge in [0.25, 0.3) is 0 Å². The Balaban J connectivity index is 1.56. The number of amides is 1. The van der Waals surface area contributed by atoms with Gasteiger partial charge in [-0.15, -0.1) is 21.5 Å². The third-order valence-corrected chi connectivity index (χ3v) is 6.31. The first-order valence-electron chi connectivity index (χ1n) is 8.86. The number of benzene rings is 1. The Kier molecular flexibility index (Phi) is 7.52. The Labute approximate surface area is 190 Å². The fourth-order valence-electron chi connectivity index (χ4n) is 2.47. The average molecular weight is 485 g/mol. The lowest BCUT2D eigenvalue weighted by Gasteiger charge is -2.07. The molecule has 0 aliphatic carbocycles. The van der Waals surface area contributed by atoms with Gasteiger partial charge in [-0.05, 0) is 25.1 Å². The lowest BCUT2D eigenvalue weighted by Crippen LogP contribution is -2.16. The molecule has 0 saturated heterocycles. The van der Waals surface area contributed by atoms with Gasteiger partial charge in [-0.1, -0.05) is 23.4 Å². The second-order valence-electron chi connectivity index (χ2n) is 6.25. The van der Waals surface area contributed by atoms with Gasteiger partial charge in [-0.2, -0.15) is 0 Å². The number of hydrogen-bond donors (Lipinski definition) is 1. The summed E-state index contributed by atoms with van der Waals surface area (Å²) in [4.78, 5) is 25.0. The molecule has 1 aromatic carbocycles. The summed E-state index contributed by atoms with van der Waals surface area (Å²) in [5.74, 6) is -0.342. The summed E-state index contributed by atoms with van der Waals surface area (Å²) in [6.07, 6.45) is 0. The molecule has 1 amide bonds. The lowest BCUT2D eigenvalue weighted by molar-refractivity contribution is -0.113. The highest BCUT2D eigenvalue weighted by atomic mass is 35.5. The number of aryl methyl sites for hydroxylation is 1. The zero-order valence-electron chi connectivity index (χ0n) is 16.8. The lowest BCUT2D eigenvalue weighted by atomic mass is 10.3. The molecule has 164 valence electrons. The fourth-order valence-corrected chi connectivity index (χ4v) is 4.29. The number of halogens is 2. The summed E-state index contributed by atoms with van der Waals surface area (Å²) < 4.78 is 25.2. The van der Waals surface area contributed by atoms with Gasteiger partial charge in [0, 0.05) is 18.0 Å². The summed E-state index contributed by atoms with van der Waals surface area (Å²) in [6, 6.07) is 5.73. The molecule has 0 saturated carbocycles. The normalized spacial score (nSPS) is 10.7. The molecule has 0 aliphatic rings. The SMILES string of the molecule is COC(=O)c1cc(C)sc1NC(=O)CSc1nnc(COc2ccc(F)c(Cl)c2)n1C. The number of hydrogen-bond acceptors (Lipinski definition) is 8. The van der Waals surface area contributed by atoms with Crippen LogP contribution in [0.25, 0.3) is 0 Å². The van der Waals surface area contributed by atoms with Gasteiger partial charge in [-0.25, -0.2) is 9.18 Å². The molecular weight excluding hydrogens is 467 g/mol. The number of aromatic nitrogens is 3. The van der Waals surface area contributed by atoms with Crippen LogP contribution in [0.2, 0.25) is 5.02 Å². The van der Waals surface area contributed by atoms with Gasteiger partial charge in [-0.3, -0.25) is 4.79 Å². The molecule has 31 heavy (non-hydrogen) atoms. The van der Waals surface area contributed by atoms with Crippen LogP contribution in [0.4, 0.5) is 9.39 Å². The maximum atomic E-state index is 13.2. The van der Waals surface area contributed by atoms with Crippen molar-refractivity contribution in [1.29, 1.82) is 0 Å². The van der Waals surface area contributed by atoms with Crippen molar-refractivity contribution in [3.05, 3.63) is 51.4 Å². The minimum atomic E-state index is -0.527. The monoisotopic (exact) mass is 484 g/mol. The molecule has 2 heterocycles. The highest BCUT2D eigenvalue weighted by Gasteiger charge is 2.18. The second-order valence-corrected chi connectivity index (χ2v) is 8.86. The Bertz CT molecular complexity index is 1120. The van der Waals surface area contributed by atoms with Crippen molar-refractivity contribution < 1.29 is 23.5 Å². The number of ether oxygens (including phenoxy) is 2. The molecule has 2 aromatic heterocycles. The van der Waals surface area contributed by atoms with Gasteiger partial charge in [0.15, 0.2) is 11.0 Å². The van der Waals surface area contributed by atoms with Crippen LogP contribution in [0.5, 0.6) is 5.75 Å². The largest absolute Gasteiger partial charge is 0.486 e. The topological polar surface area (TPSA) is 95.3 Å². The number of anilines is 1. The number of carbonyl (C=O) groups is 2. The Hall–Kier alpha value is -2.63. The zero-order chi connectivity index (χ0) is 22.5. The smallest absolute Gasteiger partial charge is 0.340 e. The Morgan fingerprint density at radius 3 is 2.81 bits per heavy atom. The van der Waals surface area contributed by atoms with Crippen molar-refractivity contribution in [3.63, 3.8) is 0 Å². The highest BCUT2D eigenvalue weighted by Crippen LogP contribution is 2.29. The number of thioether (sulfide) groups is 1. The summed E-state index contributed by atoms with van der Waals surface area (Å²) in [5.41, 5.74) is 0.322. The van der Waals surface area contributed by atoms with Gasteiger partial charge in [0.2, 0.25) is 5.91 Å². The molecule has 1 N–H and O–H groups in total. The maximum Gasteiger partial charge on any atom is 0.340 e. The van der Waals surface area contributed by atoms with Crippen molar-refractivity contribution >= 4 is 51.6 Å². The van der Waals surface area contributed by atoms with Crippen molar-refractivity contribution in [2.24, 2.45) is 7.05 Å². The molecule has 3 rings (SSSR count). The number of esters is 1. The predicted octanol–water partition coefficient (Wildman–Crippen LogP) is 4.07. The van der Waals surface area contributed by atoms with Gasteiger partial charge >= 0.3 is 5.97 Å². The molecule has 0 spiro atoms. The van der Waals surface area contributed by atoms with E-state index in [1.807, 2.05) is 6.92 Å². The van der Waals surface area contributed by atoms with Crippen LogP contribution in [0.15, 0.2) is 29.4 Å². The number of methoxy groups -OCH3 is 1. The van der Waals surface area contributed by atoms with E-state index < -0.39 is 11.8 Å². The number of nitrogens with one attached hydrogen (secondary N) is 1. The Morgan fingerprint density at radius 2 is 2.10 bits per heavy atom. The predicted molar refractivity (Wildman–Crippen MR) is 116 cm³/mol. The Morgan fingerprint density at radius 1 is 1.32 bits per heavy atom. The molecule has 0 bridgehead atoms. The van der Waals surface area contributed by atoms with Crippen molar-refractivity contribution in [2.45, 2.75) is 18.7 Å². The zero-order valence-corrected chi connectivity index (χ0v) is 19.2. The number of nitrogens with zero attached hydrogens (tertiary/aromatic N) is 3. The minimum Gasteiger partial charge on any atom is -0.486 e. The first-order valence-corrected chi connectivity index (χ1v) is 11.0. The number of carbonyl (C=O) groups excluding carboxylic acids is 2. The number of thiophene rings is 1. The van der Waals surface area contributed by atoms with E-state index in [0.717, 1.165) is 4.88 Å². The summed E-state index contributed by atoms with van der Waals surface area (Å²) in [5, 5.41) is 11.8. The number of rotatable bonds is 8. The van der Waals surface area contributed by atoms with Crippen LogP contribution < -0.4 is 10.1 Å². The van der Waals surface area contributed by atoms with Crippen molar-refractivity contribution in [1.82, 2.24) is 14.8 Å².